The number of hydrogen-bond donors (Lipinski definition) is 2. The van der Waals surface area contributed by atoms with Gasteiger partial charge < -0.3 is 20.7 Å². The molecule has 2 aromatic heterocycles. The summed E-state index contributed by atoms with van der Waals surface area (Å²) in [6, 6.07) is 0. The fraction of sp³-hybridized carbons (Fsp3) is 0.500. The molecule has 9 nitrogen and oxygen atoms in total. The summed E-state index contributed by atoms with van der Waals surface area (Å²) < 4.78 is 5.30. The molecule has 1 fully saturated rings. The molecule has 3 heterocycles. The third-order valence-electron chi connectivity index (χ3n) is 3.60. The summed E-state index contributed by atoms with van der Waals surface area (Å²) in [7, 11) is 0. The predicted octanol–water partition coefficient (Wildman–Crippen LogP) is 0.412. The molecule has 0 radical (unpaired) electrons. The highest BCUT2D eigenvalue weighted by atomic mass is 32.1. The Morgan fingerprint density at radius 2 is 1.96 bits per heavy atom. The third kappa shape index (κ3) is 3.60. The molecule has 1 aliphatic heterocycles. The van der Waals surface area contributed by atoms with Crippen molar-refractivity contribution in [3.8, 4) is 0 Å². The molecule has 1 saturated heterocycles. The fourth-order valence-corrected chi connectivity index (χ4v) is 2.93. The first-order valence-corrected chi connectivity index (χ1v) is 8.34. The van der Waals surface area contributed by atoms with E-state index in [0.717, 1.165) is 13.1 Å². The van der Waals surface area contributed by atoms with E-state index < -0.39 is 5.54 Å². The lowest BCUT2D eigenvalue weighted by Gasteiger charge is -2.26. The van der Waals surface area contributed by atoms with Crippen LogP contribution in [0.4, 0.5) is 11.1 Å². The smallest absolute Gasteiger partial charge is 0.255 e. The van der Waals surface area contributed by atoms with E-state index >= 15 is 0 Å². The molecule has 1 aliphatic rings. The second kappa shape index (κ2) is 6.65. The van der Waals surface area contributed by atoms with Gasteiger partial charge in [-0.25, -0.2) is 9.97 Å². The van der Waals surface area contributed by atoms with Crippen molar-refractivity contribution in [1.82, 2.24) is 25.5 Å². The van der Waals surface area contributed by atoms with Gasteiger partial charge in [-0.1, -0.05) is 11.3 Å². The van der Waals surface area contributed by atoms with Crippen molar-refractivity contribution < 1.29 is 9.53 Å². The first-order chi connectivity index (χ1) is 11.5. The summed E-state index contributed by atoms with van der Waals surface area (Å²) in [5.74, 6) is 0.327. The van der Waals surface area contributed by atoms with Crippen LogP contribution in [-0.2, 0) is 10.3 Å². The van der Waals surface area contributed by atoms with Crippen LogP contribution >= 0.6 is 11.3 Å². The zero-order chi connectivity index (χ0) is 17.2. The topological polar surface area (TPSA) is 119 Å². The van der Waals surface area contributed by atoms with E-state index in [4.69, 9.17) is 10.5 Å². The maximum Gasteiger partial charge on any atom is 0.255 e. The Balaban J connectivity index is 1.68. The Morgan fingerprint density at radius 3 is 2.54 bits per heavy atom. The maximum atomic E-state index is 12.4. The minimum absolute atomic E-state index is 0.276. The number of aromatic nitrogens is 4. The Labute approximate surface area is 143 Å². The minimum Gasteiger partial charge on any atom is -0.378 e. The van der Waals surface area contributed by atoms with Gasteiger partial charge in [-0.2, -0.15) is 0 Å². The Hall–Kier alpha value is -2.33. The van der Waals surface area contributed by atoms with E-state index in [1.54, 1.807) is 0 Å². The van der Waals surface area contributed by atoms with Crippen LogP contribution in [0.25, 0.3) is 0 Å². The van der Waals surface area contributed by atoms with Gasteiger partial charge in [-0.05, 0) is 13.8 Å². The number of nitrogen functional groups attached to an aromatic ring is 1. The van der Waals surface area contributed by atoms with Crippen LogP contribution in [0.1, 0.15) is 29.2 Å². The first-order valence-electron chi connectivity index (χ1n) is 7.52. The molecule has 0 saturated carbocycles. The normalized spacial score (nSPS) is 15.3. The summed E-state index contributed by atoms with van der Waals surface area (Å²) in [6.45, 7) is 6.49. The van der Waals surface area contributed by atoms with Crippen molar-refractivity contribution in [3.05, 3.63) is 23.0 Å². The molecule has 2 aromatic rings. The molecule has 1 amide bonds. The van der Waals surface area contributed by atoms with E-state index in [9.17, 15) is 4.79 Å². The van der Waals surface area contributed by atoms with Gasteiger partial charge in [0.1, 0.15) is 5.01 Å². The highest BCUT2D eigenvalue weighted by Crippen LogP contribution is 2.25. The summed E-state index contributed by atoms with van der Waals surface area (Å²) in [4.78, 5) is 23.0. The predicted molar refractivity (Wildman–Crippen MR) is 89.9 cm³/mol. The molecule has 0 aliphatic carbocycles. The fourth-order valence-electron chi connectivity index (χ4n) is 2.26. The molecule has 0 bridgehead atoms. The molecule has 0 aromatic carbocycles. The van der Waals surface area contributed by atoms with Crippen molar-refractivity contribution in [1.29, 1.82) is 0 Å². The van der Waals surface area contributed by atoms with Crippen LogP contribution in [0, 0.1) is 0 Å². The van der Waals surface area contributed by atoms with Crippen LogP contribution in [0.5, 0.6) is 0 Å². The van der Waals surface area contributed by atoms with Gasteiger partial charge in [0.2, 0.25) is 11.1 Å². The molecule has 3 rings (SSSR count). The van der Waals surface area contributed by atoms with Gasteiger partial charge in [0.25, 0.3) is 5.91 Å². The van der Waals surface area contributed by atoms with Gasteiger partial charge in [0, 0.05) is 25.5 Å². The molecule has 0 atom stereocenters. The number of nitrogens with one attached hydrogen (secondary N) is 1. The second-order valence-corrected chi connectivity index (χ2v) is 6.90. The Kier molecular flexibility index (Phi) is 4.58. The molecular weight excluding hydrogens is 330 g/mol. The average molecular weight is 349 g/mol. The number of amides is 1. The summed E-state index contributed by atoms with van der Waals surface area (Å²) in [6.07, 6.45) is 3.05. The van der Waals surface area contributed by atoms with Gasteiger partial charge in [-0.15, -0.1) is 10.2 Å². The standard InChI is InChI=1S/C14H19N7O2S/c1-14(2,11-19-20-12(15)24-11)18-10(22)9-7-16-13(17-8-9)21-3-5-23-6-4-21/h7-8H,3-6H2,1-2H3,(H2,15,20)(H,18,22). The molecule has 0 unspecified atom stereocenters. The lowest BCUT2D eigenvalue weighted by atomic mass is 10.1. The van der Waals surface area contributed by atoms with Gasteiger partial charge >= 0.3 is 0 Å². The van der Waals surface area contributed by atoms with Crippen molar-refractivity contribution in [3.63, 3.8) is 0 Å². The number of hydrogen-bond acceptors (Lipinski definition) is 9. The second-order valence-electron chi connectivity index (χ2n) is 5.90. The first kappa shape index (κ1) is 16.5. The highest BCUT2D eigenvalue weighted by Gasteiger charge is 2.28. The average Bonchev–Trinajstić information content (AvgIpc) is 3.03. The summed E-state index contributed by atoms with van der Waals surface area (Å²) in [5, 5.41) is 11.7. The number of carbonyl (C=O) groups is 1. The van der Waals surface area contributed by atoms with Crippen LogP contribution in [-0.4, -0.2) is 52.4 Å². The van der Waals surface area contributed by atoms with Gasteiger partial charge in [0.15, 0.2) is 0 Å². The van der Waals surface area contributed by atoms with Gasteiger partial charge in [-0.3, -0.25) is 4.79 Å². The Bertz CT molecular complexity index is 710. The van der Waals surface area contributed by atoms with Crippen LogP contribution in [0.15, 0.2) is 12.4 Å². The molecule has 10 heteroatoms. The van der Waals surface area contributed by atoms with Crippen LogP contribution in [0.2, 0.25) is 0 Å². The van der Waals surface area contributed by atoms with Crippen molar-refractivity contribution in [2.24, 2.45) is 0 Å². The van der Waals surface area contributed by atoms with Crippen molar-refractivity contribution in [2.45, 2.75) is 19.4 Å². The van der Waals surface area contributed by atoms with E-state index in [-0.39, 0.29) is 5.91 Å². The number of nitrogens with zero attached hydrogens (tertiary/aromatic N) is 5. The van der Waals surface area contributed by atoms with E-state index in [1.807, 2.05) is 18.7 Å². The summed E-state index contributed by atoms with van der Waals surface area (Å²) in [5.41, 5.74) is 5.30. The summed E-state index contributed by atoms with van der Waals surface area (Å²) >= 11 is 1.24. The molecule has 0 spiro atoms. The molecule has 24 heavy (non-hydrogen) atoms. The molecular formula is C14H19N7O2S. The number of anilines is 2. The molecule has 128 valence electrons. The van der Waals surface area contributed by atoms with E-state index in [1.165, 1.54) is 23.7 Å². The number of carbonyl (C=O) groups excluding carboxylic acids is 1. The monoisotopic (exact) mass is 349 g/mol. The Morgan fingerprint density at radius 1 is 1.29 bits per heavy atom. The lowest BCUT2D eigenvalue weighted by Crippen LogP contribution is -2.41. The minimum atomic E-state index is -0.685. The highest BCUT2D eigenvalue weighted by molar-refractivity contribution is 7.15. The number of nitrogens with two attached hydrogens (primary N) is 1. The van der Waals surface area contributed by atoms with Crippen molar-refractivity contribution in [2.75, 3.05) is 36.9 Å². The van der Waals surface area contributed by atoms with E-state index in [0.29, 0.717) is 34.9 Å². The largest absolute Gasteiger partial charge is 0.378 e. The van der Waals surface area contributed by atoms with Crippen molar-refractivity contribution >= 4 is 28.3 Å². The van der Waals surface area contributed by atoms with Gasteiger partial charge in [0.05, 0.1) is 24.3 Å². The number of ether oxygens (including phenoxy) is 1. The number of morpholine rings is 1. The zero-order valence-electron chi connectivity index (χ0n) is 13.5. The van der Waals surface area contributed by atoms with Crippen LogP contribution < -0.4 is 16.0 Å². The maximum absolute atomic E-state index is 12.4. The number of rotatable bonds is 4. The zero-order valence-corrected chi connectivity index (χ0v) is 14.3. The third-order valence-corrected chi connectivity index (χ3v) is 4.67. The quantitative estimate of drug-likeness (QED) is 0.815. The molecule has 3 N–H and O–H groups in total. The SMILES string of the molecule is CC(C)(NC(=O)c1cnc(N2CCOCC2)nc1)c1nnc(N)s1. The van der Waals surface area contributed by atoms with Crippen LogP contribution in [0.3, 0.4) is 0 Å². The van der Waals surface area contributed by atoms with E-state index in [2.05, 4.69) is 25.5 Å². The lowest BCUT2D eigenvalue weighted by molar-refractivity contribution is 0.0910.